The number of likely N-dealkylation sites (N-methyl/N-ethyl adjacent to an activating group) is 1. The van der Waals surface area contributed by atoms with Crippen molar-refractivity contribution in [3.63, 3.8) is 0 Å². The highest BCUT2D eigenvalue weighted by atomic mass is 35.5. The fourth-order valence-corrected chi connectivity index (χ4v) is 6.62. The molecule has 0 radical (unpaired) electrons. The average Bonchev–Trinajstić information content (AvgIpc) is 3.32. The average molecular weight is 640 g/mol. The molecular weight excluding hydrogens is 611 g/mol. The van der Waals surface area contributed by atoms with E-state index in [9.17, 15) is 27.6 Å². The largest absolute Gasteiger partial charge is 0.490 e. The maximum Gasteiger partial charge on any atom is 0.416 e. The van der Waals surface area contributed by atoms with Gasteiger partial charge in [0.1, 0.15) is 24.2 Å². The number of carbonyl (C=O) groups excluding carboxylic acids is 3. The van der Waals surface area contributed by atoms with Crippen molar-refractivity contribution in [3.05, 3.63) is 83.0 Å². The van der Waals surface area contributed by atoms with Crippen LogP contribution in [0.15, 0.2) is 61.2 Å². The first kappa shape index (κ1) is 30.4. The lowest BCUT2D eigenvalue weighted by atomic mass is 9.95. The van der Waals surface area contributed by atoms with Crippen LogP contribution in [0.5, 0.6) is 5.75 Å². The molecule has 0 aliphatic carbocycles. The number of pyridine rings is 1. The number of nitrogens with zero attached hydrogens (tertiary/aromatic N) is 5. The third kappa shape index (κ3) is 5.47. The van der Waals surface area contributed by atoms with Gasteiger partial charge in [-0.15, -0.1) is 0 Å². The van der Waals surface area contributed by atoms with Gasteiger partial charge in [0.2, 0.25) is 11.8 Å². The lowest BCUT2D eigenvalue weighted by Gasteiger charge is -2.39. The molecule has 0 spiro atoms. The van der Waals surface area contributed by atoms with Crippen LogP contribution in [0.1, 0.15) is 23.2 Å². The van der Waals surface area contributed by atoms with Gasteiger partial charge in [-0.1, -0.05) is 30.3 Å². The number of aryl methyl sites for hydroxylation is 1. The van der Waals surface area contributed by atoms with E-state index in [1.807, 2.05) is 17.0 Å². The summed E-state index contributed by atoms with van der Waals surface area (Å²) in [6.07, 6.45) is -3.49. The number of alkyl halides is 3. The zero-order chi connectivity index (χ0) is 32.2. The van der Waals surface area contributed by atoms with Crippen molar-refractivity contribution < 1.29 is 32.3 Å². The van der Waals surface area contributed by atoms with Crippen LogP contribution >= 0.6 is 11.6 Å². The number of hydrogen-bond acceptors (Lipinski definition) is 6. The molecule has 3 amide bonds. The van der Waals surface area contributed by atoms with Crippen molar-refractivity contribution >= 4 is 52.2 Å². The maximum absolute atomic E-state index is 14.1. The van der Waals surface area contributed by atoms with Gasteiger partial charge in [0.25, 0.3) is 5.91 Å². The minimum atomic E-state index is -4.66. The van der Waals surface area contributed by atoms with Crippen LogP contribution in [0.3, 0.4) is 0 Å². The van der Waals surface area contributed by atoms with E-state index in [-0.39, 0.29) is 30.4 Å². The number of anilines is 4. The molecule has 234 valence electrons. The molecule has 6 rings (SSSR count). The Labute approximate surface area is 262 Å². The maximum atomic E-state index is 14.1. The van der Waals surface area contributed by atoms with Crippen LogP contribution in [0, 0.1) is 12.8 Å². The predicted molar refractivity (Wildman–Crippen MR) is 164 cm³/mol. The lowest BCUT2D eigenvalue weighted by Crippen LogP contribution is -2.52. The summed E-state index contributed by atoms with van der Waals surface area (Å²) in [6.45, 7) is 6.18. The van der Waals surface area contributed by atoms with E-state index in [0.29, 0.717) is 47.5 Å². The zero-order valence-corrected chi connectivity index (χ0v) is 25.2. The summed E-state index contributed by atoms with van der Waals surface area (Å²) in [5.74, 6) is -1.48. The van der Waals surface area contributed by atoms with Crippen molar-refractivity contribution in [3.8, 4) is 5.75 Å². The van der Waals surface area contributed by atoms with Crippen LogP contribution < -0.4 is 24.3 Å². The Morgan fingerprint density at radius 3 is 2.67 bits per heavy atom. The molecule has 0 bridgehead atoms. The molecule has 2 aromatic carbocycles. The first-order chi connectivity index (χ1) is 21.4. The molecule has 1 fully saturated rings. The van der Waals surface area contributed by atoms with Gasteiger partial charge < -0.3 is 19.4 Å². The molecule has 1 saturated heterocycles. The molecule has 0 saturated carbocycles. The molecule has 0 N–H and O–H groups in total. The molecule has 45 heavy (non-hydrogen) atoms. The number of aromatic nitrogens is 1. The highest BCUT2D eigenvalue weighted by Crippen LogP contribution is 2.44. The van der Waals surface area contributed by atoms with Crippen molar-refractivity contribution in [2.24, 2.45) is 5.92 Å². The Kier molecular flexibility index (Phi) is 7.72. The number of rotatable bonds is 4. The highest BCUT2D eigenvalue weighted by Gasteiger charge is 2.49. The van der Waals surface area contributed by atoms with Gasteiger partial charge in [-0.25, -0.2) is 4.98 Å². The molecule has 4 heterocycles. The molecule has 2 atom stereocenters. The van der Waals surface area contributed by atoms with Gasteiger partial charge in [-0.3, -0.25) is 19.3 Å². The molecular formula is C32H29ClF3N5O4. The van der Waals surface area contributed by atoms with Gasteiger partial charge in [0.15, 0.2) is 0 Å². The van der Waals surface area contributed by atoms with E-state index >= 15 is 0 Å². The minimum absolute atomic E-state index is 0.0736. The van der Waals surface area contributed by atoms with Gasteiger partial charge in [0.05, 0.1) is 34.2 Å². The van der Waals surface area contributed by atoms with Gasteiger partial charge in [-0.2, -0.15) is 13.2 Å². The molecule has 1 aromatic heterocycles. The molecule has 3 aliphatic heterocycles. The third-order valence-electron chi connectivity index (χ3n) is 8.33. The monoisotopic (exact) mass is 639 g/mol. The van der Waals surface area contributed by atoms with E-state index < -0.39 is 35.5 Å². The molecule has 3 aromatic rings. The number of amides is 3. The summed E-state index contributed by atoms with van der Waals surface area (Å²) in [7, 11) is 1.56. The molecule has 9 nitrogen and oxygen atoms in total. The number of hydrogen-bond donors (Lipinski definition) is 0. The van der Waals surface area contributed by atoms with E-state index in [1.54, 1.807) is 36.2 Å². The predicted octanol–water partition coefficient (Wildman–Crippen LogP) is 5.38. The van der Waals surface area contributed by atoms with Gasteiger partial charge in [-0.05, 0) is 55.0 Å². The van der Waals surface area contributed by atoms with E-state index in [2.05, 4.69) is 11.6 Å². The number of fused-ring (bicyclic) bond motifs is 3. The van der Waals surface area contributed by atoms with Crippen molar-refractivity contribution in [2.75, 3.05) is 46.3 Å². The Bertz CT molecular complexity index is 1730. The second kappa shape index (κ2) is 11.4. The Balaban J connectivity index is 1.40. The topological polar surface area (TPSA) is 86.3 Å². The van der Waals surface area contributed by atoms with Crippen LogP contribution in [-0.4, -0.2) is 55.5 Å². The minimum Gasteiger partial charge on any atom is -0.490 e. The number of benzene rings is 2. The van der Waals surface area contributed by atoms with E-state index in [0.717, 1.165) is 22.6 Å². The van der Waals surface area contributed by atoms with Gasteiger partial charge >= 0.3 is 6.18 Å². The summed E-state index contributed by atoms with van der Waals surface area (Å²) >= 11 is 6.75. The van der Waals surface area contributed by atoms with Crippen LogP contribution in [0.4, 0.5) is 36.1 Å². The summed E-state index contributed by atoms with van der Waals surface area (Å²) in [5, 5.41) is 0.388. The first-order valence-corrected chi connectivity index (χ1v) is 14.6. The molecule has 13 heteroatoms. The molecule has 0 unspecified atom stereocenters. The second-order valence-electron chi connectivity index (χ2n) is 11.3. The second-order valence-corrected chi connectivity index (χ2v) is 11.7. The normalized spacial score (nSPS) is 19.8. The first-order valence-electron chi connectivity index (χ1n) is 14.3. The van der Waals surface area contributed by atoms with Crippen LogP contribution in [0.2, 0.25) is 5.02 Å². The Morgan fingerprint density at radius 2 is 1.93 bits per heavy atom. The van der Waals surface area contributed by atoms with Crippen molar-refractivity contribution in [2.45, 2.75) is 32.1 Å². The molecule has 3 aliphatic rings. The third-order valence-corrected chi connectivity index (χ3v) is 8.63. The number of halogens is 4. The summed E-state index contributed by atoms with van der Waals surface area (Å²) in [4.78, 5) is 50.2. The highest BCUT2D eigenvalue weighted by molar-refractivity contribution is 6.34. The van der Waals surface area contributed by atoms with Crippen molar-refractivity contribution in [1.82, 2.24) is 4.98 Å². The van der Waals surface area contributed by atoms with Crippen LogP contribution in [-0.2, 0) is 27.1 Å². The lowest BCUT2D eigenvalue weighted by molar-refractivity contribution is -0.137. The fourth-order valence-electron chi connectivity index (χ4n) is 6.33. The van der Waals surface area contributed by atoms with E-state index in [1.165, 1.54) is 17.9 Å². The standard InChI is InChI=1S/C32H29ClF3N5O4/c1-4-27(42)40-10-11-45-25-13-19(8-9-23(25)40)16-39-17-20-14-28(43)41(26-15-21(32(34,35)36)12-18(2)37-26)29(20)31(44)38(3)24-7-5-6-22(33)30(24)39/h4-9,12-13,15,20,29H,1,10-11,14,16-17H2,2-3H3/t20-,29+/m1/s1. The number of para-hydroxylation sites is 1. The number of carbonyl (C=O) groups is 3. The zero-order valence-electron chi connectivity index (χ0n) is 24.5. The van der Waals surface area contributed by atoms with Crippen LogP contribution in [0.25, 0.3) is 0 Å². The van der Waals surface area contributed by atoms with E-state index in [4.69, 9.17) is 16.3 Å². The van der Waals surface area contributed by atoms with Gasteiger partial charge in [0, 0.05) is 38.2 Å². The fraction of sp³-hybridized carbons (Fsp3) is 0.312. The van der Waals surface area contributed by atoms with Crippen molar-refractivity contribution in [1.29, 1.82) is 0 Å². The summed E-state index contributed by atoms with van der Waals surface area (Å²) < 4.78 is 47.0. The quantitative estimate of drug-likeness (QED) is 0.357. The summed E-state index contributed by atoms with van der Waals surface area (Å²) in [6, 6.07) is 11.3. The Morgan fingerprint density at radius 1 is 1.16 bits per heavy atom. The SMILES string of the molecule is C=CC(=O)N1CCOc2cc(CN3C[C@H]4CC(=O)N(c5cc(C(F)(F)F)cc(C)n5)[C@@H]4C(=O)N(C)c4cccc(Cl)c43)ccc21. The summed E-state index contributed by atoms with van der Waals surface area (Å²) in [5.41, 5.74) is 1.62. The smallest absolute Gasteiger partial charge is 0.416 e. The Hall–Kier alpha value is -4.58. The number of ether oxygens (including phenoxy) is 1.